The predicted octanol–water partition coefficient (Wildman–Crippen LogP) is 2.82. The van der Waals surface area contributed by atoms with Crippen LogP contribution in [0.1, 0.15) is 31.2 Å². The van der Waals surface area contributed by atoms with Crippen LogP contribution < -0.4 is 5.32 Å². The molecule has 2 nitrogen and oxygen atoms in total. The minimum absolute atomic E-state index is 0.129. The smallest absolute Gasteiger partial charge is 0.224 e. The van der Waals surface area contributed by atoms with Gasteiger partial charge in [0.1, 0.15) is 0 Å². The standard InChI is InChI=1S/C14H19NOS/c16-14(15-10-12-3-1-2-4-12)9-11-5-7-13(17)8-6-11/h5-8,12,17H,1-4,9-10H2,(H,15,16). The zero-order valence-corrected chi connectivity index (χ0v) is 10.9. The van der Waals surface area contributed by atoms with Crippen LogP contribution in [0.4, 0.5) is 0 Å². The lowest BCUT2D eigenvalue weighted by molar-refractivity contribution is -0.120. The number of hydrogen-bond acceptors (Lipinski definition) is 2. The summed E-state index contributed by atoms with van der Waals surface area (Å²) < 4.78 is 0. The zero-order valence-electron chi connectivity index (χ0n) is 9.98. The highest BCUT2D eigenvalue weighted by molar-refractivity contribution is 7.80. The van der Waals surface area contributed by atoms with Gasteiger partial charge in [-0.05, 0) is 36.5 Å². The van der Waals surface area contributed by atoms with Crippen molar-refractivity contribution in [2.75, 3.05) is 6.54 Å². The Hall–Kier alpha value is -0.960. The topological polar surface area (TPSA) is 29.1 Å². The monoisotopic (exact) mass is 249 g/mol. The molecule has 0 atom stereocenters. The van der Waals surface area contributed by atoms with Gasteiger partial charge >= 0.3 is 0 Å². The maximum Gasteiger partial charge on any atom is 0.224 e. The van der Waals surface area contributed by atoms with E-state index in [1.54, 1.807) is 0 Å². The highest BCUT2D eigenvalue weighted by Crippen LogP contribution is 2.23. The van der Waals surface area contributed by atoms with E-state index >= 15 is 0 Å². The summed E-state index contributed by atoms with van der Waals surface area (Å²) in [7, 11) is 0. The van der Waals surface area contributed by atoms with Crippen LogP contribution in [0.2, 0.25) is 0 Å². The Labute approximate surface area is 108 Å². The molecule has 1 aromatic carbocycles. The summed E-state index contributed by atoms with van der Waals surface area (Å²) in [5.41, 5.74) is 1.05. The Balaban J connectivity index is 1.74. The van der Waals surface area contributed by atoms with Gasteiger partial charge in [-0.3, -0.25) is 4.79 Å². The zero-order chi connectivity index (χ0) is 12.1. The van der Waals surface area contributed by atoms with E-state index in [0.717, 1.165) is 17.0 Å². The molecular weight excluding hydrogens is 230 g/mol. The third kappa shape index (κ3) is 4.08. The van der Waals surface area contributed by atoms with Gasteiger partial charge in [0.05, 0.1) is 6.42 Å². The van der Waals surface area contributed by atoms with Crippen LogP contribution in [-0.2, 0) is 11.2 Å². The van der Waals surface area contributed by atoms with E-state index in [0.29, 0.717) is 12.3 Å². The Morgan fingerprint density at radius 2 is 1.88 bits per heavy atom. The fraction of sp³-hybridized carbons (Fsp3) is 0.500. The number of rotatable bonds is 4. The molecule has 1 aromatic rings. The Kier molecular flexibility index (Phi) is 4.49. The number of nitrogens with one attached hydrogen (secondary N) is 1. The number of carbonyl (C=O) groups excluding carboxylic acids is 1. The van der Waals surface area contributed by atoms with Gasteiger partial charge in [0.25, 0.3) is 0 Å². The first kappa shape index (κ1) is 12.5. The molecule has 0 heterocycles. The molecule has 0 spiro atoms. The highest BCUT2D eigenvalue weighted by atomic mass is 32.1. The molecule has 1 N–H and O–H groups in total. The van der Waals surface area contributed by atoms with Crippen LogP contribution >= 0.6 is 12.6 Å². The SMILES string of the molecule is O=C(Cc1ccc(S)cc1)NCC1CCCC1. The molecule has 1 aliphatic carbocycles. The third-order valence-electron chi connectivity index (χ3n) is 3.36. The van der Waals surface area contributed by atoms with Crippen molar-refractivity contribution in [3.8, 4) is 0 Å². The summed E-state index contributed by atoms with van der Waals surface area (Å²) in [5, 5.41) is 3.03. The second kappa shape index (κ2) is 6.10. The van der Waals surface area contributed by atoms with Gasteiger partial charge in [-0.1, -0.05) is 25.0 Å². The van der Waals surface area contributed by atoms with Crippen molar-refractivity contribution < 1.29 is 4.79 Å². The normalized spacial score (nSPS) is 16.1. The fourth-order valence-corrected chi connectivity index (χ4v) is 2.48. The van der Waals surface area contributed by atoms with Gasteiger partial charge in [0.2, 0.25) is 5.91 Å². The summed E-state index contributed by atoms with van der Waals surface area (Å²) in [4.78, 5) is 12.7. The van der Waals surface area contributed by atoms with Gasteiger partial charge in [0.15, 0.2) is 0 Å². The lowest BCUT2D eigenvalue weighted by Crippen LogP contribution is -2.29. The molecule has 92 valence electrons. The molecule has 0 bridgehead atoms. The van der Waals surface area contributed by atoms with Crippen LogP contribution in [0.3, 0.4) is 0 Å². The summed E-state index contributed by atoms with van der Waals surface area (Å²) in [6.07, 6.45) is 5.66. The molecule has 0 saturated heterocycles. The van der Waals surface area contributed by atoms with Crippen LogP contribution in [0.15, 0.2) is 29.2 Å². The maximum absolute atomic E-state index is 11.7. The van der Waals surface area contributed by atoms with Crippen molar-refractivity contribution in [3.05, 3.63) is 29.8 Å². The highest BCUT2D eigenvalue weighted by Gasteiger charge is 2.15. The molecule has 0 radical (unpaired) electrons. The van der Waals surface area contributed by atoms with Crippen molar-refractivity contribution in [2.45, 2.75) is 37.0 Å². The Bertz CT molecular complexity index is 368. The second-order valence-corrected chi connectivity index (χ2v) is 5.31. The average molecular weight is 249 g/mol. The quantitative estimate of drug-likeness (QED) is 0.789. The Morgan fingerprint density at radius 1 is 1.24 bits per heavy atom. The lowest BCUT2D eigenvalue weighted by atomic mass is 10.1. The first-order chi connectivity index (χ1) is 8.24. The summed E-state index contributed by atoms with van der Waals surface area (Å²) in [6.45, 7) is 0.851. The molecule has 0 aromatic heterocycles. The number of thiol groups is 1. The van der Waals surface area contributed by atoms with E-state index in [2.05, 4.69) is 17.9 Å². The number of carbonyl (C=O) groups is 1. The fourth-order valence-electron chi connectivity index (χ4n) is 2.33. The molecule has 1 amide bonds. The third-order valence-corrected chi connectivity index (χ3v) is 3.66. The second-order valence-electron chi connectivity index (χ2n) is 4.80. The molecule has 2 rings (SSSR count). The lowest BCUT2D eigenvalue weighted by Gasteiger charge is -2.10. The van der Waals surface area contributed by atoms with E-state index in [9.17, 15) is 4.79 Å². The van der Waals surface area contributed by atoms with Crippen LogP contribution in [-0.4, -0.2) is 12.5 Å². The largest absolute Gasteiger partial charge is 0.356 e. The van der Waals surface area contributed by atoms with Gasteiger partial charge in [-0.25, -0.2) is 0 Å². The van der Waals surface area contributed by atoms with Crippen molar-refractivity contribution in [3.63, 3.8) is 0 Å². The molecular formula is C14H19NOS. The Morgan fingerprint density at radius 3 is 2.53 bits per heavy atom. The molecule has 1 fully saturated rings. The minimum atomic E-state index is 0.129. The maximum atomic E-state index is 11.7. The van der Waals surface area contributed by atoms with E-state index in [1.165, 1.54) is 25.7 Å². The van der Waals surface area contributed by atoms with E-state index < -0.39 is 0 Å². The van der Waals surface area contributed by atoms with E-state index in [4.69, 9.17) is 0 Å². The summed E-state index contributed by atoms with van der Waals surface area (Å²) >= 11 is 4.22. The molecule has 17 heavy (non-hydrogen) atoms. The van der Waals surface area contributed by atoms with Crippen molar-refractivity contribution in [1.82, 2.24) is 5.32 Å². The summed E-state index contributed by atoms with van der Waals surface area (Å²) in [5.74, 6) is 0.836. The number of benzene rings is 1. The van der Waals surface area contributed by atoms with Crippen LogP contribution in [0.5, 0.6) is 0 Å². The van der Waals surface area contributed by atoms with Crippen LogP contribution in [0.25, 0.3) is 0 Å². The van der Waals surface area contributed by atoms with Crippen molar-refractivity contribution >= 4 is 18.5 Å². The molecule has 1 saturated carbocycles. The van der Waals surface area contributed by atoms with E-state index in [-0.39, 0.29) is 5.91 Å². The minimum Gasteiger partial charge on any atom is -0.356 e. The van der Waals surface area contributed by atoms with Gasteiger partial charge in [0, 0.05) is 11.4 Å². The van der Waals surface area contributed by atoms with Gasteiger partial charge < -0.3 is 5.32 Å². The molecule has 1 aliphatic rings. The predicted molar refractivity (Wildman–Crippen MR) is 72.4 cm³/mol. The van der Waals surface area contributed by atoms with Crippen LogP contribution in [0, 0.1) is 5.92 Å². The van der Waals surface area contributed by atoms with Crippen molar-refractivity contribution in [1.29, 1.82) is 0 Å². The molecule has 3 heteroatoms. The molecule has 0 aliphatic heterocycles. The van der Waals surface area contributed by atoms with Gasteiger partial charge in [-0.2, -0.15) is 0 Å². The summed E-state index contributed by atoms with van der Waals surface area (Å²) in [6, 6.07) is 7.75. The molecule has 0 unspecified atom stereocenters. The van der Waals surface area contributed by atoms with Crippen molar-refractivity contribution in [2.24, 2.45) is 5.92 Å². The number of amides is 1. The number of hydrogen-bond donors (Lipinski definition) is 2. The van der Waals surface area contributed by atoms with Gasteiger partial charge in [-0.15, -0.1) is 12.6 Å². The van der Waals surface area contributed by atoms with E-state index in [1.807, 2.05) is 24.3 Å². The first-order valence-electron chi connectivity index (χ1n) is 6.28. The first-order valence-corrected chi connectivity index (χ1v) is 6.73. The average Bonchev–Trinajstić information content (AvgIpc) is 2.83.